The molecular weight excluding hydrogens is 572 g/mol. The van der Waals surface area contributed by atoms with E-state index in [4.69, 9.17) is 14.2 Å². The van der Waals surface area contributed by atoms with Crippen molar-refractivity contribution in [2.24, 2.45) is 0 Å². The fraction of sp³-hybridized carbons (Fsp3) is 0.792. The van der Waals surface area contributed by atoms with E-state index in [-0.39, 0.29) is 25.3 Å². The predicted octanol–water partition coefficient (Wildman–Crippen LogP) is -6.23. The molecule has 18 heteroatoms. The zero-order valence-corrected chi connectivity index (χ0v) is 22.6. The number of carbonyl (C=O) groups excluding carboxylic acids is 2. The first kappa shape index (κ1) is 35.9. The zero-order chi connectivity index (χ0) is 31.8. The second-order valence-corrected chi connectivity index (χ2v) is 10.0. The first-order valence-corrected chi connectivity index (χ1v) is 13.1. The van der Waals surface area contributed by atoms with Crippen LogP contribution in [0.15, 0.2) is 12.7 Å². The Kier molecular flexibility index (Phi) is 13.2. The molecule has 0 aromatic rings. The molecule has 0 radical (unpaired) electrons. The van der Waals surface area contributed by atoms with Crippen LogP contribution in [0.3, 0.4) is 0 Å². The van der Waals surface area contributed by atoms with Gasteiger partial charge >= 0.3 is 5.97 Å². The molecule has 0 aromatic carbocycles. The maximum atomic E-state index is 12.8. The number of hydrogen-bond acceptors (Lipinski definition) is 15. The smallest absolute Gasteiger partial charge is 0.335 e. The van der Waals surface area contributed by atoms with Crippen molar-refractivity contribution >= 4 is 17.8 Å². The van der Waals surface area contributed by atoms with E-state index < -0.39 is 98.1 Å². The summed E-state index contributed by atoms with van der Waals surface area (Å²) in [7, 11) is 0. The molecule has 42 heavy (non-hydrogen) atoms. The maximum Gasteiger partial charge on any atom is 0.335 e. The Bertz CT molecular complexity index is 938. The van der Waals surface area contributed by atoms with E-state index in [2.05, 4.69) is 11.9 Å². The van der Waals surface area contributed by atoms with Gasteiger partial charge in [0.25, 0.3) is 0 Å². The van der Waals surface area contributed by atoms with Gasteiger partial charge in [0, 0.05) is 13.0 Å². The van der Waals surface area contributed by atoms with Gasteiger partial charge in [0.2, 0.25) is 11.8 Å². The highest BCUT2D eigenvalue weighted by atomic mass is 16.7. The van der Waals surface area contributed by atoms with Crippen LogP contribution in [0.2, 0.25) is 0 Å². The van der Waals surface area contributed by atoms with Crippen molar-refractivity contribution < 1.29 is 79.7 Å². The quantitative estimate of drug-likeness (QED) is 0.0604. The van der Waals surface area contributed by atoms with Crippen molar-refractivity contribution in [3.8, 4) is 0 Å². The Morgan fingerprint density at radius 3 is 2.17 bits per heavy atom. The minimum atomic E-state index is -3.05. The standard InChI is InChI=1S/C24H40N2O16/c1-2-12(30)25-7-5-3-4-6-13(31)26-23(9-28,22(38)39)24(10-29)19(36)15(33)17(35)21(42-24)41-18-11(8-27)40-20(37)16(34)14(18)32/h2,11,14-21,27-29,32-37H,1,3-10H2,(H,25,30)(H,26,31)(H,38,39)/t11-,14-,15-,16-,17-,18-,19-,20-,21+,23?,24-/m1/s1. The van der Waals surface area contributed by atoms with Crippen LogP contribution >= 0.6 is 0 Å². The van der Waals surface area contributed by atoms with E-state index >= 15 is 0 Å². The molecule has 0 aliphatic carbocycles. The minimum absolute atomic E-state index is 0.190. The number of unbranched alkanes of at least 4 members (excludes halogenated alkanes) is 2. The van der Waals surface area contributed by atoms with Crippen LogP contribution in [0.1, 0.15) is 25.7 Å². The van der Waals surface area contributed by atoms with Crippen LogP contribution in [0.4, 0.5) is 0 Å². The lowest BCUT2D eigenvalue weighted by Gasteiger charge is -2.55. The van der Waals surface area contributed by atoms with Crippen molar-refractivity contribution in [1.82, 2.24) is 10.6 Å². The summed E-state index contributed by atoms with van der Waals surface area (Å²) in [5, 5.41) is 107. The number of carbonyl (C=O) groups is 3. The van der Waals surface area contributed by atoms with Crippen molar-refractivity contribution in [1.29, 1.82) is 0 Å². The number of rotatable bonds is 15. The van der Waals surface area contributed by atoms with Crippen molar-refractivity contribution in [3.63, 3.8) is 0 Å². The van der Waals surface area contributed by atoms with Gasteiger partial charge in [-0.15, -0.1) is 0 Å². The molecule has 2 heterocycles. The SMILES string of the molecule is C=CC(=O)NCCCCCC(=O)NC(CO)(C(=O)O)[C@]1(CO)O[C@H](O[C@H]2[C@H](O)[C@@H](O)[C@H](O)O[C@@H]2CO)[C@H](O)[C@@H](O)[C@H]1O. The highest BCUT2D eigenvalue weighted by Crippen LogP contribution is 2.40. The van der Waals surface area contributed by atoms with E-state index in [0.29, 0.717) is 12.8 Å². The summed E-state index contributed by atoms with van der Waals surface area (Å²) in [5.74, 6) is -3.38. The minimum Gasteiger partial charge on any atom is -0.479 e. The number of amides is 2. The number of carboxylic acids is 1. The summed E-state index contributed by atoms with van der Waals surface area (Å²) in [6.45, 7) is -0.304. The molecule has 0 spiro atoms. The summed E-state index contributed by atoms with van der Waals surface area (Å²) in [6.07, 6.45) is -16.7. The number of aliphatic hydroxyl groups is 9. The number of aliphatic hydroxyl groups excluding tert-OH is 9. The first-order valence-electron chi connectivity index (χ1n) is 13.1. The maximum absolute atomic E-state index is 12.8. The van der Waals surface area contributed by atoms with Gasteiger partial charge in [-0.2, -0.15) is 0 Å². The van der Waals surface area contributed by atoms with Gasteiger partial charge < -0.3 is 75.9 Å². The summed E-state index contributed by atoms with van der Waals surface area (Å²) >= 11 is 0. The Morgan fingerprint density at radius 1 is 0.952 bits per heavy atom. The van der Waals surface area contributed by atoms with Gasteiger partial charge in [-0.3, -0.25) is 9.59 Å². The third-order valence-corrected chi connectivity index (χ3v) is 7.36. The van der Waals surface area contributed by atoms with Crippen molar-refractivity contribution in [2.75, 3.05) is 26.4 Å². The second kappa shape index (κ2) is 15.4. The molecule has 2 fully saturated rings. The number of carboxylic acid groups (broad SMARTS) is 1. The third kappa shape index (κ3) is 7.24. The van der Waals surface area contributed by atoms with Gasteiger partial charge in [-0.1, -0.05) is 13.0 Å². The van der Waals surface area contributed by atoms with Gasteiger partial charge in [0.15, 0.2) is 23.7 Å². The van der Waals surface area contributed by atoms with E-state index in [1.807, 2.05) is 5.32 Å². The molecule has 12 N–H and O–H groups in total. The Labute approximate surface area is 239 Å². The molecule has 2 amide bonds. The number of hydrogen-bond donors (Lipinski definition) is 12. The van der Waals surface area contributed by atoms with Gasteiger partial charge in [0.05, 0.1) is 19.8 Å². The van der Waals surface area contributed by atoms with E-state index in [9.17, 15) is 65.4 Å². The van der Waals surface area contributed by atoms with Crippen LogP contribution in [0, 0.1) is 0 Å². The summed E-state index contributed by atoms with van der Waals surface area (Å²) < 4.78 is 15.9. The van der Waals surface area contributed by atoms with Crippen molar-refractivity contribution in [3.05, 3.63) is 12.7 Å². The molecule has 242 valence electrons. The molecule has 2 rings (SSSR count). The summed E-state index contributed by atoms with van der Waals surface area (Å²) in [6, 6.07) is 0. The van der Waals surface area contributed by atoms with Gasteiger partial charge in [0.1, 0.15) is 42.7 Å². The molecule has 2 aliphatic rings. The molecule has 0 aromatic heterocycles. The number of nitrogens with one attached hydrogen (secondary N) is 2. The van der Waals surface area contributed by atoms with Gasteiger partial charge in [-0.05, 0) is 18.9 Å². The van der Waals surface area contributed by atoms with Crippen LogP contribution in [-0.2, 0) is 28.6 Å². The van der Waals surface area contributed by atoms with Gasteiger partial charge in [-0.25, -0.2) is 4.79 Å². The topological polar surface area (TPSA) is 305 Å². The lowest BCUT2D eigenvalue weighted by atomic mass is 9.71. The summed E-state index contributed by atoms with van der Waals surface area (Å²) in [4.78, 5) is 36.5. The Balaban J connectivity index is 2.31. The van der Waals surface area contributed by atoms with E-state index in [1.54, 1.807) is 0 Å². The largest absolute Gasteiger partial charge is 0.479 e. The highest BCUT2D eigenvalue weighted by molar-refractivity contribution is 5.89. The van der Waals surface area contributed by atoms with Crippen LogP contribution in [-0.4, -0.2) is 162 Å². The molecule has 0 bridgehead atoms. The fourth-order valence-corrected chi connectivity index (χ4v) is 4.84. The van der Waals surface area contributed by atoms with Crippen LogP contribution in [0.25, 0.3) is 0 Å². The van der Waals surface area contributed by atoms with E-state index in [0.717, 1.165) is 6.08 Å². The molecule has 18 nitrogen and oxygen atoms in total. The average molecular weight is 613 g/mol. The molecule has 0 saturated carbocycles. The monoisotopic (exact) mass is 612 g/mol. The Morgan fingerprint density at radius 2 is 1.62 bits per heavy atom. The first-order chi connectivity index (χ1) is 19.8. The molecule has 2 aliphatic heterocycles. The lowest BCUT2D eigenvalue weighted by Crippen LogP contribution is -2.82. The normalized spacial score (nSPS) is 36.5. The summed E-state index contributed by atoms with van der Waals surface area (Å²) in [5.41, 5.74) is -6.04. The average Bonchev–Trinajstić information content (AvgIpc) is 2.97. The molecule has 2 saturated heterocycles. The second-order valence-electron chi connectivity index (χ2n) is 10.0. The molecule has 1 unspecified atom stereocenters. The van der Waals surface area contributed by atoms with E-state index in [1.165, 1.54) is 0 Å². The van der Waals surface area contributed by atoms with Crippen molar-refractivity contribution in [2.45, 2.75) is 92.1 Å². The lowest BCUT2D eigenvalue weighted by molar-refractivity contribution is -0.384. The number of ether oxygens (including phenoxy) is 3. The van der Waals surface area contributed by atoms with Crippen LogP contribution < -0.4 is 10.6 Å². The van der Waals surface area contributed by atoms with Crippen LogP contribution in [0.5, 0.6) is 0 Å². The zero-order valence-electron chi connectivity index (χ0n) is 22.6. The fourth-order valence-electron chi connectivity index (χ4n) is 4.84. The predicted molar refractivity (Wildman–Crippen MR) is 135 cm³/mol. The Hall–Kier alpha value is -2.33. The molecule has 11 atom stereocenters. The third-order valence-electron chi connectivity index (χ3n) is 7.36. The molecular formula is C24H40N2O16. The highest BCUT2D eigenvalue weighted by Gasteiger charge is 2.68. The number of aliphatic carboxylic acids is 1.